The molecule has 7 nitrogen and oxygen atoms in total. The van der Waals surface area contributed by atoms with E-state index in [1.165, 1.54) is 6.20 Å². The average molecular weight is 378 g/mol. The number of amides is 3. The molecule has 144 valence electrons. The van der Waals surface area contributed by atoms with Gasteiger partial charge in [-0.25, -0.2) is 14.7 Å². The van der Waals surface area contributed by atoms with Crippen LogP contribution >= 0.6 is 0 Å². The number of hydrogen-bond acceptors (Lipinski definition) is 5. The first-order valence-corrected chi connectivity index (χ1v) is 9.25. The lowest BCUT2D eigenvalue weighted by molar-refractivity contribution is -0.121. The first-order chi connectivity index (χ1) is 13.4. The zero-order valence-corrected chi connectivity index (χ0v) is 16.2. The van der Waals surface area contributed by atoms with Crippen LogP contribution < -0.4 is 15.0 Å². The van der Waals surface area contributed by atoms with Gasteiger partial charge in [0.05, 0.1) is 23.5 Å². The number of rotatable bonds is 6. The average Bonchev–Trinajstić information content (AvgIpc) is 2.92. The Hall–Kier alpha value is -3.40. The minimum absolute atomic E-state index is 0.299. The molecule has 7 heteroatoms. The molecule has 0 aliphatic carbocycles. The first kappa shape index (κ1) is 19.4. The highest BCUT2D eigenvalue weighted by atomic mass is 16.5. The summed E-state index contributed by atoms with van der Waals surface area (Å²) >= 11 is 0. The van der Waals surface area contributed by atoms with E-state index in [1.54, 1.807) is 31.2 Å². The van der Waals surface area contributed by atoms with Crippen molar-refractivity contribution in [1.29, 1.82) is 5.26 Å². The molecule has 1 aliphatic rings. The van der Waals surface area contributed by atoms with Crippen molar-refractivity contribution < 1.29 is 14.3 Å². The molecule has 2 aromatic rings. The molecule has 0 radical (unpaired) electrons. The van der Waals surface area contributed by atoms with Gasteiger partial charge in [-0.1, -0.05) is 20.3 Å². The summed E-state index contributed by atoms with van der Waals surface area (Å²) in [6.07, 6.45) is 3.65. The molecular weight excluding hydrogens is 356 g/mol. The Balaban J connectivity index is 1.79. The first-order valence-electron chi connectivity index (χ1n) is 9.25. The van der Waals surface area contributed by atoms with Crippen molar-refractivity contribution in [2.24, 2.45) is 0 Å². The quantitative estimate of drug-likeness (QED) is 0.769. The van der Waals surface area contributed by atoms with Gasteiger partial charge in [-0.15, -0.1) is 0 Å². The van der Waals surface area contributed by atoms with Gasteiger partial charge in [-0.05, 0) is 49.6 Å². The number of anilines is 1. The number of nitriles is 1. The summed E-state index contributed by atoms with van der Waals surface area (Å²) in [6, 6.07) is 10.2. The fourth-order valence-electron chi connectivity index (χ4n) is 3.06. The Kier molecular flexibility index (Phi) is 5.32. The SMILES string of the molecule is CCCc1cc(Oc2ccc(N3C(=O)N[C@](C)(CC)C3=O)cn2)ccc1C#N. The highest BCUT2D eigenvalue weighted by molar-refractivity contribution is 6.23. The van der Waals surface area contributed by atoms with Gasteiger partial charge in [0, 0.05) is 6.07 Å². The maximum absolute atomic E-state index is 12.6. The second kappa shape index (κ2) is 7.69. The van der Waals surface area contributed by atoms with E-state index in [-0.39, 0.29) is 5.91 Å². The Morgan fingerprint density at radius 2 is 2.04 bits per heavy atom. The topological polar surface area (TPSA) is 95.3 Å². The molecule has 0 saturated carbocycles. The molecule has 1 aliphatic heterocycles. The zero-order chi connectivity index (χ0) is 20.3. The molecule has 1 aromatic heterocycles. The van der Waals surface area contributed by atoms with E-state index in [0.29, 0.717) is 29.3 Å². The monoisotopic (exact) mass is 378 g/mol. The Morgan fingerprint density at radius 1 is 1.25 bits per heavy atom. The molecule has 3 rings (SSSR count). The summed E-state index contributed by atoms with van der Waals surface area (Å²) in [5.41, 5.74) is 1.05. The molecule has 0 unspecified atom stereocenters. The van der Waals surface area contributed by atoms with Crippen molar-refractivity contribution in [2.45, 2.75) is 45.6 Å². The molecule has 0 bridgehead atoms. The zero-order valence-electron chi connectivity index (χ0n) is 16.2. The van der Waals surface area contributed by atoms with E-state index in [9.17, 15) is 14.9 Å². The normalized spacial score (nSPS) is 18.7. The number of urea groups is 1. The predicted molar refractivity (Wildman–Crippen MR) is 104 cm³/mol. The van der Waals surface area contributed by atoms with E-state index in [2.05, 4.69) is 16.4 Å². The van der Waals surface area contributed by atoms with Crippen LogP contribution in [-0.4, -0.2) is 22.5 Å². The molecule has 1 atom stereocenters. The highest BCUT2D eigenvalue weighted by Gasteiger charge is 2.47. The van der Waals surface area contributed by atoms with Gasteiger partial charge >= 0.3 is 6.03 Å². The summed E-state index contributed by atoms with van der Waals surface area (Å²) in [7, 11) is 0. The van der Waals surface area contributed by atoms with Crippen molar-refractivity contribution >= 4 is 17.6 Å². The summed E-state index contributed by atoms with van der Waals surface area (Å²) in [6.45, 7) is 5.60. The predicted octanol–water partition coefficient (Wildman–Crippen LogP) is 3.92. The van der Waals surface area contributed by atoms with Crippen LogP contribution in [0, 0.1) is 11.3 Å². The standard InChI is InChI=1S/C21H22N4O3/c1-4-6-14-11-17(9-7-15(14)12-22)28-18-10-8-16(13-23-18)25-19(26)21(3,5-2)24-20(25)27/h7-11,13H,4-6H2,1-3H3,(H,24,27)/t21-/m1/s1. The molecule has 1 N–H and O–H groups in total. The van der Waals surface area contributed by atoms with Crippen molar-refractivity contribution in [3.63, 3.8) is 0 Å². The largest absolute Gasteiger partial charge is 0.439 e. The van der Waals surface area contributed by atoms with Gasteiger partial charge < -0.3 is 10.1 Å². The third-order valence-corrected chi connectivity index (χ3v) is 4.89. The number of hydrogen-bond donors (Lipinski definition) is 1. The maximum atomic E-state index is 12.6. The lowest BCUT2D eigenvalue weighted by atomic mass is 9.99. The summed E-state index contributed by atoms with van der Waals surface area (Å²) < 4.78 is 5.77. The van der Waals surface area contributed by atoms with Crippen molar-refractivity contribution in [2.75, 3.05) is 4.90 Å². The molecule has 1 saturated heterocycles. The van der Waals surface area contributed by atoms with E-state index in [4.69, 9.17) is 4.74 Å². The molecule has 1 fully saturated rings. The molecule has 2 heterocycles. The minimum atomic E-state index is -0.898. The highest BCUT2D eigenvalue weighted by Crippen LogP contribution is 2.28. The fourth-order valence-corrected chi connectivity index (χ4v) is 3.06. The van der Waals surface area contributed by atoms with E-state index >= 15 is 0 Å². The van der Waals surface area contributed by atoms with E-state index < -0.39 is 11.6 Å². The lowest BCUT2D eigenvalue weighted by Gasteiger charge is -2.19. The van der Waals surface area contributed by atoms with E-state index in [0.717, 1.165) is 23.3 Å². The van der Waals surface area contributed by atoms with Crippen LogP contribution in [0.5, 0.6) is 11.6 Å². The number of carbonyl (C=O) groups excluding carboxylic acids is 2. The smallest absolute Gasteiger partial charge is 0.329 e. The van der Waals surface area contributed by atoms with Crippen LogP contribution in [0.15, 0.2) is 36.5 Å². The fraction of sp³-hybridized carbons (Fsp3) is 0.333. The molecule has 0 spiro atoms. The number of ether oxygens (including phenoxy) is 1. The third-order valence-electron chi connectivity index (χ3n) is 4.89. The Labute approximate surface area is 163 Å². The number of nitrogens with zero attached hydrogens (tertiary/aromatic N) is 3. The van der Waals surface area contributed by atoms with Crippen molar-refractivity contribution in [3.8, 4) is 17.7 Å². The van der Waals surface area contributed by atoms with Crippen LogP contribution in [0.4, 0.5) is 10.5 Å². The molecule has 1 aromatic carbocycles. The maximum Gasteiger partial charge on any atom is 0.329 e. The third kappa shape index (κ3) is 3.54. The van der Waals surface area contributed by atoms with Crippen molar-refractivity contribution in [3.05, 3.63) is 47.7 Å². The second-order valence-electron chi connectivity index (χ2n) is 6.89. The van der Waals surface area contributed by atoms with E-state index in [1.807, 2.05) is 19.9 Å². The van der Waals surface area contributed by atoms with Gasteiger partial charge in [-0.2, -0.15) is 5.26 Å². The summed E-state index contributed by atoms with van der Waals surface area (Å²) in [4.78, 5) is 30.1. The van der Waals surface area contributed by atoms with Gasteiger partial charge in [0.2, 0.25) is 5.88 Å². The lowest BCUT2D eigenvalue weighted by Crippen LogP contribution is -2.43. The molecule has 28 heavy (non-hydrogen) atoms. The number of benzene rings is 1. The van der Waals surface area contributed by atoms with Crippen LogP contribution in [0.25, 0.3) is 0 Å². The van der Waals surface area contributed by atoms with Crippen LogP contribution in [0.3, 0.4) is 0 Å². The summed E-state index contributed by atoms with van der Waals surface area (Å²) in [5, 5.41) is 11.9. The summed E-state index contributed by atoms with van der Waals surface area (Å²) in [5.74, 6) is 0.615. The van der Waals surface area contributed by atoms with Gasteiger partial charge in [-0.3, -0.25) is 4.79 Å². The van der Waals surface area contributed by atoms with Crippen LogP contribution in [-0.2, 0) is 11.2 Å². The van der Waals surface area contributed by atoms with Crippen LogP contribution in [0.2, 0.25) is 0 Å². The Morgan fingerprint density at radius 3 is 2.61 bits per heavy atom. The number of nitrogens with one attached hydrogen (secondary N) is 1. The number of pyridine rings is 1. The number of imide groups is 1. The van der Waals surface area contributed by atoms with Gasteiger partial charge in [0.1, 0.15) is 11.3 Å². The number of carbonyl (C=O) groups is 2. The minimum Gasteiger partial charge on any atom is -0.439 e. The number of aryl methyl sites for hydroxylation is 1. The van der Waals surface area contributed by atoms with Gasteiger partial charge in [0.25, 0.3) is 5.91 Å². The van der Waals surface area contributed by atoms with Gasteiger partial charge in [0.15, 0.2) is 0 Å². The molecule has 3 amide bonds. The molecular formula is C21H22N4O3. The van der Waals surface area contributed by atoms with Crippen molar-refractivity contribution in [1.82, 2.24) is 10.3 Å². The number of aromatic nitrogens is 1. The van der Waals surface area contributed by atoms with Crippen LogP contribution in [0.1, 0.15) is 44.7 Å². The second-order valence-corrected chi connectivity index (χ2v) is 6.89. The Bertz CT molecular complexity index is 949.